The molecule has 0 aliphatic carbocycles. The van der Waals surface area contributed by atoms with Crippen LogP contribution in [0.2, 0.25) is 0 Å². The average molecular weight is 307 g/mol. The van der Waals surface area contributed by atoms with Crippen LogP contribution in [0.25, 0.3) is 11.2 Å². The van der Waals surface area contributed by atoms with E-state index in [1.807, 2.05) is 6.07 Å². The van der Waals surface area contributed by atoms with Crippen molar-refractivity contribution in [1.82, 2.24) is 19.5 Å². The molecule has 0 unspecified atom stereocenters. The van der Waals surface area contributed by atoms with Crippen LogP contribution in [0, 0.1) is 0 Å². The number of aromatic nitrogens is 4. The molecule has 0 spiro atoms. The zero-order valence-corrected chi connectivity index (χ0v) is 13.4. The van der Waals surface area contributed by atoms with Gasteiger partial charge in [0.15, 0.2) is 17.0 Å². The van der Waals surface area contributed by atoms with Crippen molar-refractivity contribution in [2.45, 2.75) is 38.8 Å². The van der Waals surface area contributed by atoms with Gasteiger partial charge in [0.05, 0.1) is 0 Å². The molecular weight excluding hydrogens is 286 g/mol. The Bertz CT molecular complexity index is 809. The molecule has 0 amide bonds. The van der Waals surface area contributed by atoms with Crippen LogP contribution in [0.1, 0.15) is 30.7 Å². The van der Waals surface area contributed by atoms with Crippen LogP contribution in [-0.4, -0.2) is 26.6 Å². The summed E-state index contributed by atoms with van der Waals surface area (Å²) < 4.78 is 2.28. The minimum atomic E-state index is 0.815. The third kappa shape index (κ3) is 2.67. The minimum absolute atomic E-state index is 0.815. The number of benzene rings is 1. The summed E-state index contributed by atoms with van der Waals surface area (Å²) in [5, 5.41) is 0. The number of nitrogens with zero attached hydrogens (tertiary/aromatic N) is 5. The van der Waals surface area contributed by atoms with Crippen LogP contribution in [0.3, 0.4) is 0 Å². The molecule has 5 nitrogen and oxygen atoms in total. The number of fused-ring (bicyclic) bond motifs is 3. The van der Waals surface area contributed by atoms with E-state index in [1.165, 1.54) is 24.8 Å². The van der Waals surface area contributed by atoms with Crippen molar-refractivity contribution in [2.24, 2.45) is 0 Å². The summed E-state index contributed by atoms with van der Waals surface area (Å²) in [7, 11) is 2.07. The lowest BCUT2D eigenvalue weighted by molar-refractivity contribution is 0.643. The number of aryl methyl sites for hydroxylation is 2. The number of hydrogen-bond donors (Lipinski definition) is 0. The monoisotopic (exact) mass is 307 g/mol. The van der Waals surface area contributed by atoms with E-state index < -0.39 is 0 Å². The van der Waals surface area contributed by atoms with Crippen molar-refractivity contribution >= 4 is 17.0 Å². The number of anilines is 1. The summed E-state index contributed by atoms with van der Waals surface area (Å²) in [6.07, 6.45) is 6.40. The first-order valence-corrected chi connectivity index (χ1v) is 8.28. The summed E-state index contributed by atoms with van der Waals surface area (Å²) >= 11 is 0. The van der Waals surface area contributed by atoms with Crippen molar-refractivity contribution in [3.05, 3.63) is 48.0 Å². The SMILES string of the molecule is CN(Cc1ccccc1)c1ncnc2c1nc1n2CCCCC1. The lowest BCUT2D eigenvalue weighted by Gasteiger charge is -2.18. The minimum Gasteiger partial charge on any atom is -0.353 e. The Labute approximate surface area is 136 Å². The fourth-order valence-electron chi connectivity index (χ4n) is 3.34. The van der Waals surface area contributed by atoms with E-state index in [9.17, 15) is 0 Å². The summed E-state index contributed by atoms with van der Waals surface area (Å²) in [5.41, 5.74) is 3.18. The first kappa shape index (κ1) is 14.2. The molecule has 23 heavy (non-hydrogen) atoms. The Balaban J connectivity index is 1.72. The fourth-order valence-corrected chi connectivity index (χ4v) is 3.34. The highest BCUT2D eigenvalue weighted by Crippen LogP contribution is 2.26. The molecule has 5 heteroatoms. The zero-order chi connectivity index (χ0) is 15.6. The summed E-state index contributed by atoms with van der Waals surface area (Å²) in [6, 6.07) is 10.4. The zero-order valence-electron chi connectivity index (χ0n) is 13.4. The molecule has 0 saturated heterocycles. The maximum Gasteiger partial charge on any atom is 0.165 e. The number of hydrogen-bond acceptors (Lipinski definition) is 4. The fraction of sp³-hybridized carbons (Fsp3) is 0.389. The van der Waals surface area contributed by atoms with Gasteiger partial charge in [-0.2, -0.15) is 0 Å². The van der Waals surface area contributed by atoms with Gasteiger partial charge in [0.25, 0.3) is 0 Å². The van der Waals surface area contributed by atoms with Crippen molar-refractivity contribution in [3.8, 4) is 0 Å². The molecule has 0 bridgehead atoms. The molecule has 4 rings (SSSR count). The van der Waals surface area contributed by atoms with Crippen molar-refractivity contribution in [3.63, 3.8) is 0 Å². The van der Waals surface area contributed by atoms with Crippen LogP contribution in [0.5, 0.6) is 0 Å². The van der Waals surface area contributed by atoms with Gasteiger partial charge >= 0.3 is 0 Å². The van der Waals surface area contributed by atoms with E-state index >= 15 is 0 Å². The normalized spacial score (nSPS) is 14.5. The van der Waals surface area contributed by atoms with E-state index in [1.54, 1.807) is 6.33 Å². The smallest absolute Gasteiger partial charge is 0.165 e. The second-order valence-electron chi connectivity index (χ2n) is 6.20. The highest BCUT2D eigenvalue weighted by atomic mass is 15.2. The molecule has 3 aromatic rings. The second-order valence-corrected chi connectivity index (χ2v) is 6.20. The Kier molecular flexibility index (Phi) is 3.69. The van der Waals surface area contributed by atoms with E-state index in [0.717, 1.165) is 42.3 Å². The lowest BCUT2D eigenvalue weighted by atomic mass is 10.2. The summed E-state index contributed by atoms with van der Waals surface area (Å²) in [6.45, 7) is 1.83. The second kappa shape index (κ2) is 5.99. The van der Waals surface area contributed by atoms with Crippen molar-refractivity contribution in [1.29, 1.82) is 0 Å². The number of imidazole rings is 1. The molecule has 1 aliphatic rings. The first-order chi connectivity index (χ1) is 11.3. The Morgan fingerprint density at radius 1 is 1.09 bits per heavy atom. The third-order valence-corrected chi connectivity index (χ3v) is 4.50. The molecule has 0 N–H and O–H groups in total. The molecule has 0 atom stereocenters. The average Bonchev–Trinajstić information content (AvgIpc) is 2.77. The van der Waals surface area contributed by atoms with Gasteiger partial charge in [-0.25, -0.2) is 15.0 Å². The van der Waals surface area contributed by atoms with E-state index in [0.29, 0.717) is 0 Å². The van der Waals surface area contributed by atoms with Crippen molar-refractivity contribution in [2.75, 3.05) is 11.9 Å². The standard InChI is InChI=1S/C18H21N5/c1-22(12-14-8-4-2-5-9-14)17-16-18(20-13-19-17)23-11-7-3-6-10-15(23)21-16/h2,4-5,8-9,13H,3,6-7,10-12H2,1H3. The van der Waals surface area contributed by atoms with E-state index in [4.69, 9.17) is 4.98 Å². The molecule has 3 heterocycles. The quantitative estimate of drug-likeness (QED) is 0.745. The third-order valence-electron chi connectivity index (χ3n) is 4.50. The van der Waals surface area contributed by atoms with Gasteiger partial charge in [-0.15, -0.1) is 0 Å². The van der Waals surface area contributed by atoms with Gasteiger partial charge in [0.2, 0.25) is 0 Å². The molecular formula is C18H21N5. The van der Waals surface area contributed by atoms with Crippen LogP contribution >= 0.6 is 0 Å². The number of rotatable bonds is 3. The summed E-state index contributed by atoms with van der Waals surface area (Å²) in [4.78, 5) is 16.0. The van der Waals surface area contributed by atoms with Crippen LogP contribution in [-0.2, 0) is 19.5 Å². The molecule has 0 radical (unpaired) electrons. The van der Waals surface area contributed by atoms with Gasteiger partial charge in [-0.05, 0) is 18.4 Å². The van der Waals surface area contributed by atoms with Crippen LogP contribution < -0.4 is 4.90 Å². The first-order valence-electron chi connectivity index (χ1n) is 8.28. The molecule has 0 fully saturated rings. The van der Waals surface area contributed by atoms with Crippen molar-refractivity contribution < 1.29 is 0 Å². The topological polar surface area (TPSA) is 46.8 Å². The van der Waals surface area contributed by atoms with Crippen LogP contribution in [0.4, 0.5) is 5.82 Å². The highest BCUT2D eigenvalue weighted by Gasteiger charge is 2.19. The molecule has 1 aliphatic heterocycles. The van der Waals surface area contributed by atoms with E-state index in [2.05, 4.69) is 50.7 Å². The van der Waals surface area contributed by atoms with Crippen LogP contribution in [0.15, 0.2) is 36.7 Å². The molecule has 0 saturated carbocycles. The summed E-state index contributed by atoms with van der Waals surface area (Å²) in [5.74, 6) is 2.08. The largest absolute Gasteiger partial charge is 0.353 e. The van der Waals surface area contributed by atoms with Gasteiger partial charge in [0.1, 0.15) is 12.2 Å². The van der Waals surface area contributed by atoms with Gasteiger partial charge in [-0.1, -0.05) is 36.8 Å². The van der Waals surface area contributed by atoms with E-state index in [-0.39, 0.29) is 0 Å². The lowest BCUT2D eigenvalue weighted by Crippen LogP contribution is -2.18. The highest BCUT2D eigenvalue weighted by molar-refractivity contribution is 5.83. The van der Waals surface area contributed by atoms with Gasteiger partial charge < -0.3 is 9.47 Å². The maximum atomic E-state index is 4.87. The Morgan fingerprint density at radius 3 is 2.83 bits per heavy atom. The predicted molar refractivity (Wildman–Crippen MR) is 91.4 cm³/mol. The Morgan fingerprint density at radius 2 is 1.96 bits per heavy atom. The maximum absolute atomic E-state index is 4.87. The Hall–Kier alpha value is -2.43. The van der Waals surface area contributed by atoms with Gasteiger partial charge in [0, 0.05) is 26.6 Å². The molecule has 1 aromatic carbocycles. The molecule has 2 aromatic heterocycles. The van der Waals surface area contributed by atoms with Gasteiger partial charge in [-0.3, -0.25) is 0 Å². The predicted octanol–water partition coefficient (Wildman–Crippen LogP) is 3.19. The molecule has 118 valence electrons.